The molecule has 7 rings (SSSR count). The van der Waals surface area contributed by atoms with Crippen LogP contribution in [0.1, 0.15) is 24.8 Å². The number of nitriles is 1. The van der Waals surface area contributed by atoms with Crippen molar-refractivity contribution in [2.45, 2.75) is 24.7 Å². The minimum absolute atomic E-state index is 0.0432. The highest BCUT2D eigenvalue weighted by Crippen LogP contribution is 2.60. The lowest BCUT2D eigenvalue weighted by molar-refractivity contribution is -0.116. The first-order valence-electron chi connectivity index (χ1n) is 14.6. The number of anilines is 6. The molecule has 2 aliphatic carbocycles. The molecule has 2 aliphatic heterocycles. The van der Waals surface area contributed by atoms with Crippen LogP contribution in [0.4, 0.5) is 38.9 Å². The van der Waals surface area contributed by atoms with Crippen molar-refractivity contribution in [3.63, 3.8) is 0 Å². The maximum Gasteiger partial charge on any atom is 0.229 e. The normalized spacial score (nSPS) is 23.2. The van der Waals surface area contributed by atoms with E-state index in [9.17, 15) is 14.4 Å². The average Bonchev–Trinajstić information content (AvgIpc) is 3.92. The van der Waals surface area contributed by atoms with E-state index in [2.05, 4.69) is 61.0 Å². The quantitative estimate of drug-likeness (QED) is 0.258. The molecule has 2 atom stereocenters. The number of fused-ring (bicyclic) bond motifs is 2. The van der Waals surface area contributed by atoms with Crippen molar-refractivity contribution >= 4 is 40.3 Å². The highest BCUT2D eigenvalue weighted by Gasteiger charge is 2.62. The standard InChI is InChI=1S/C32H33FN8O/c1-40-10-12-41(13-11-40)24-7-4-22(5-8-24)38-31-35-18-27(33)30(39-31)37-23-6-9-25-28(15-23)36-19-32(25)16-26(32)29(42)21(17-34)14-20-2-3-20/h4-9,14-15,18,20,26,36H,2-3,10-13,16,19H2,1H3,(H2,35,37,38,39). The number of hydrogen-bond acceptors (Lipinski definition) is 9. The number of aromatic nitrogens is 2. The summed E-state index contributed by atoms with van der Waals surface area (Å²) >= 11 is 0. The van der Waals surface area contributed by atoms with Crippen molar-refractivity contribution in [1.29, 1.82) is 5.26 Å². The predicted molar refractivity (Wildman–Crippen MR) is 161 cm³/mol. The maximum absolute atomic E-state index is 14.7. The van der Waals surface area contributed by atoms with Crippen molar-refractivity contribution in [3.05, 3.63) is 71.7 Å². The summed E-state index contributed by atoms with van der Waals surface area (Å²) in [5, 5.41) is 19.2. The summed E-state index contributed by atoms with van der Waals surface area (Å²) in [4.78, 5) is 26.3. The molecule has 42 heavy (non-hydrogen) atoms. The first kappa shape index (κ1) is 26.4. The number of ketones is 1. The van der Waals surface area contributed by atoms with Crippen LogP contribution < -0.4 is 20.9 Å². The Balaban J connectivity index is 1.02. The Hall–Kier alpha value is -4.49. The molecule has 2 aromatic carbocycles. The molecule has 3 aromatic rings. The van der Waals surface area contributed by atoms with Crippen molar-refractivity contribution in [1.82, 2.24) is 14.9 Å². The predicted octanol–water partition coefficient (Wildman–Crippen LogP) is 4.97. The second kappa shape index (κ2) is 10.4. The lowest BCUT2D eigenvalue weighted by atomic mass is 9.92. The third-order valence-electron chi connectivity index (χ3n) is 8.95. The van der Waals surface area contributed by atoms with Gasteiger partial charge in [-0.1, -0.05) is 12.1 Å². The van der Waals surface area contributed by atoms with E-state index in [1.54, 1.807) is 0 Å². The van der Waals surface area contributed by atoms with Gasteiger partial charge in [0.1, 0.15) is 6.07 Å². The van der Waals surface area contributed by atoms with Crippen molar-refractivity contribution in [2.75, 3.05) is 60.6 Å². The number of carbonyl (C=O) groups is 1. The molecule has 4 aliphatic rings. The van der Waals surface area contributed by atoms with Gasteiger partial charge in [0, 0.05) is 66.8 Å². The largest absolute Gasteiger partial charge is 0.384 e. The van der Waals surface area contributed by atoms with E-state index in [1.165, 1.54) is 5.69 Å². The number of hydrogen-bond donors (Lipinski definition) is 3. The van der Waals surface area contributed by atoms with E-state index >= 15 is 0 Å². The fourth-order valence-corrected chi connectivity index (χ4v) is 6.15. The number of benzene rings is 2. The molecule has 2 saturated carbocycles. The zero-order valence-corrected chi connectivity index (χ0v) is 23.5. The molecule has 1 aromatic heterocycles. The van der Waals surface area contributed by atoms with Crippen molar-refractivity contribution in [2.24, 2.45) is 11.8 Å². The number of rotatable bonds is 8. The van der Waals surface area contributed by atoms with E-state index in [4.69, 9.17) is 0 Å². The summed E-state index contributed by atoms with van der Waals surface area (Å²) in [6.07, 6.45) is 5.85. The van der Waals surface area contributed by atoms with Gasteiger partial charge in [-0.3, -0.25) is 4.79 Å². The van der Waals surface area contributed by atoms with E-state index < -0.39 is 5.82 Å². The van der Waals surface area contributed by atoms with Gasteiger partial charge in [0.25, 0.3) is 0 Å². The van der Waals surface area contributed by atoms with Crippen LogP contribution in [-0.4, -0.2) is 60.4 Å². The van der Waals surface area contributed by atoms with E-state index in [0.29, 0.717) is 23.7 Å². The van der Waals surface area contributed by atoms with Crippen LogP contribution in [0.25, 0.3) is 0 Å². The van der Waals surface area contributed by atoms with Gasteiger partial charge in [0.05, 0.1) is 11.8 Å². The van der Waals surface area contributed by atoms with Gasteiger partial charge in [-0.15, -0.1) is 0 Å². The summed E-state index contributed by atoms with van der Waals surface area (Å²) in [6, 6.07) is 16.0. The minimum Gasteiger partial charge on any atom is -0.384 e. The van der Waals surface area contributed by atoms with Crippen LogP contribution in [0, 0.1) is 29.0 Å². The van der Waals surface area contributed by atoms with Gasteiger partial charge in [-0.2, -0.15) is 10.2 Å². The monoisotopic (exact) mass is 564 g/mol. The first-order chi connectivity index (χ1) is 20.4. The van der Waals surface area contributed by atoms with Gasteiger partial charge in [-0.25, -0.2) is 9.37 Å². The molecule has 9 nitrogen and oxygen atoms in total. The summed E-state index contributed by atoms with van der Waals surface area (Å²) in [5.41, 5.74) is 4.67. The lowest BCUT2D eigenvalue weighted by Gasteiger charge is -2.34. The minimum atomic E-state index is -0.560. The smallest absolute Gasteiger partial charge is 0.229 e. The number of halogens is 1. The fraction of sp³-hybridized carbons (Fsp3) is 0.375. The summed E-state index contributed by atoms with van der Waals surface area (Å²) in [6.45, 7) is 4.73. The number of likely N-dealkylation sites (N-methyl/N-ethyl adjacent to an activating group) is 1. The molecule has 10 heteroatoms. The highest BCUT2D eigenvalue weighted by molar-refractivity contribution is 6.04. The molecule has 3 heterocycles. The number of Topliss-reactive ketones (excluding diaryl/α,β-unsaturated/α-hetero) is 1. The number of carbonyl (C=O) groups excluding carboxylic acids is 1. The molecule has 3 fully saturated rings. The molecule has 1 spiro atoms. The second-order valence-electron chi connectivity index (χ2n) is 11.9. The number of nitrogens with one attached hydrogen (secondary N) is 3. The Bertz CT molecular complexity index is 1600. The molecule has 214 valence electrons. The Kier molecular flexibility index (Phi) is 6.54. The lowest BCUT2D eigenvalue weighted by Crippen LogP contribution is -2.44. The molecule has 2 unspecified atom stereocenters. The zero-order chi connectivity index (χ0) is 28.8. The maximum atomic E-state index is 14.7. The second-order valence-corrected chi connectivity index (χ2v) is 11.9. The fourth-order valence-electron chi connectivity index (χ4n) is 6.15. The Labute approximate surface area is 244 Å². The van der Waals surface area contributed by atoms with Crippen LogP contribution in [0.3, 0.4) is 0 Å². The SMILES string of the molecule is CN1CCN(c2ccc(Nc3ncc(F)c(Nc4ccc5c(c4)NCC54CC4C(=O)C(C#N)=CC4CC4)n3)cc2)CC1. The summed E-state index contributed by atoms with van der Waals surface area (Å²) < 4.78 is 14.7. The molecule has 0 radical (unpaired) electrons. The van der Waals surface area contributed by atoms with E-state index in [-0.39, 0.29) is 28.9 Å². The molecule has 0 bridgehead atoms. The zero-order valence-electron chi connectivity index (χ0n) is 23.5. The van der Waals surface area contributed by atoms with Crippen molar-refractivity contribution < 1.29 is 9.18 Å². The number of allylic oxidation sites excluding steroid dienone is 2. The Morgan fingerprint density at radius 3 is 2.62 bits per heavy atom. The molecular formula is C32H33FN8O. The summed E-state index contributed by atoms with van der Waals surface area (Å²) in [5.74, 6) is -0.0488. The molecule has 1 saturated heterocycles. The van der Waals surface area contributed by atoms with E-state index in [0.717, 1.165) is 68.6 Å². The van der Waals surface area contributed by atoms with Gasteiger partial charge in [0.15, 0.2) is 17.4 Å². The molecule has 3 N–H and O–H groups in total. The van der Waals surface area contributed by atoms with Gasteiger partial charge in [0.2, 0.25) is 5.95 Å². The Morgan fingerprint density at radius 1 is 1.12 bits per heavy atom. The molecule has 0 amide bonds. The third kappa shape index (κ3) is 5.05. The number of piperazine rings is 1. The van der Waals surface area contributed by atoms with Crippen LogP contribution in [0.2, 0.25) is 0 Å². The third-order valence-corrected chi connectivity index (χ3v) is 8.95. The van der Waals surface area contributed by atoms with E-state index in [1.807, 2.05) is 36.4 Å². The van der Waals surface area contributed by atoms with Crippen LogP contribution >= 0.6 is 0 Å². The van der Waals surface area contributed by atoms with Crippen LogP contribution in [0.5, 0.6) is 0 Å². The number of nitrogens with zero attached hydrogens (tertiary/aromatic N) is 5. The van der Waals surface area contributed by atoms with Gasteiger partial charge in [-0.05, 0) is 74.2 Å². The summed E-state index contributed by atoms with van der Waals surface area (Å²) in [7, 11) is 2.14. The first-order valence-corrected chi connectivity index (χ1v) is 14.6. The topological polar surface area (TPSA) is 109 Å². The van der Waals surface area contributed by atoms with Crippen molar-refractivity contribution in [3.8, 4) is 6.07 Å². The average molecular weight is 565 g/mol. The van der Waals surface area contributed by atoms with Gasteiger partial charge >= 0.3 is 0 Å². The van der Waals surface area contributed by atoms with Gasteiger partial charge < -0.3 is 25.8 Å². The highest BCUT2D eigenvalue weighted by atomic mass is 19.1. The van der Waals surface area contributed by atoms with Crippen LogP contribution in [-0.2, 0) is 10.2 Å². The molecular weight excluding hydrogens is 531 g/mol. The van der Waals surface area contributed by atoms with Crippen LogP contribution in [0.15, 0.2) is 60.3 Å². The Morgan fingerprint density at radius 2 is 1.88 bits per heavy atom.